The van der Waals surface area contributed by atoms with E-state index in [0.717, 1.165) is 32.5 Å². The van der Waals surface area contributed by atoms with Gasteiger partial charge in [-0.2, -0.15) is 0 Å². The van der Waals surface area contributed by atoms with Crippen LogP contribution in [0, 0.1) is 0 Å². The molecule has 0 spiro atoms. The van der Waals surface area contributed by atoms with Crippen molar-refractivity contribution in [3.8, 4) is 0 Å². The second-order valence-corrected chi connectivity index (χ2v) is 4.74. The number of allylic oxidation sites excluding steroid dienone is 1. The first-order chi connectivity index (χ1) is 7.13. The summed E-state index contributed by atoms with van der Waals surface area (Å²) in [7, 11) is 2.18. The molecule has 0 radical (unpaired) electrons. The highest BCUT2D eigenvalue weighted by Crippen LogP contribution is 2.24. The van der Waals surface area contributed by atoms with Gasteiger partial charge in [-0.25, -0.2) is 0 Å². The molecule has 2 unspecified atom stereocenters. The zero-order chi connectivity index (χ0) is 11.3. The van der Waals surface area contributed by atoms with E-state index in [2.05, 4.69) is 43.3 Å². The Morgan fingerprint density at radius 2 is 2.33 bits per heavy atom. The van der Waals surface area contributed by atoms with E-state index in [0.29, 0.717) is 6.04 Å². The molecule has 3 N–H and O–H groups in total. The number of hydrogen-bond donors (Lipinski definition) is 2. The maximum atomic E-state index is 5.90. The van der Waals surface area contributed by atoms with Crippen LogP contribution in [0.5, 0.6) is 0 Å². The van der Waals surface area contributed by atoms with E-state index in [1.807, 2.05) is 0 Å². The molecule has 1 saturated heterocycles. The molecule has 0 aliphatic carbocycles. The van der Waals surface area contributed by atoms with E-state index in [4.69, 9.17) is 5.73 Å². The number of hydrogen-bond acceptors (Lipinski definition) is 3. The van der Waals surface area contributed by atoms with E-state index in [1.165, 1.54) is 0 Å². The molecule has 1 aliphatic heterocycles. The molecule has 15 heavy (non-hydrogen) atoms. The molecule has 1 fully saturated rings. The Morgan fingerprint density at radius 3 is 2.80 bits per heavy atom. The summed E-state index contributed by atoms with van der Waals surface area (Å²) in [4.78, 5) is 2.38. The van der Waals surface area contributed by atoms with Gasteiger partial charge in [-0.05, 0) is 40.3 Å². The normalized spacial score (nSPS) is 32.9. The van der Waals surface area contributed by atoms with Gasteiger partial charge in [-0.1, -0.05) is 12.2 Å². The lowest BCUT2D eigenvalue weighted by Gasteiger charge is -2.28. The van der Waals surface area contributed by atoms with Crippen LogP contribution in [0.2, 0.25) is 0 Å². The average Bonchev–Trinajstić information content (AvgIpc) is 2.51. The Labute approximate surface area is 93.7 Å². The van der Waals surface area contributed by atoms with Gasteiger partial charge in [0.2, 0.25) is 0 Å². The minimum absolute atomic E-state index is 0.149. The molecule has 3 nitrogen and oxygen atoms in total. The van der Waals surface area contributed by atoms with Crippen LogP contribution in [0.25, 0.3) is 0 Å². The third kappa shape index (κ3) is 3.30. The molecule has 0 aromatic carbocycles. The third-order valence-corrected chi connectivity index (χ3v) is 3.43. The van der Waals surface area contributed by atoms with Gasteiger partial charge < -0.3 is 16.0 Å². The Morgan fingerprint density at radius 1 is 1.60 bits per heavy atom. The highest BCUT2D eigenvalue weighted by molar-refractivity contribution is 5.01. The van der Waals surface area contributed by atoms with Crippen LogP contribution < -0.4 is 11.1 Å². The predicted molar refractivity (Wildman–Crippen MR) is 65.9 cm³/mol. The number of nitrogens with zero attached hydrogens (tertiary/aromatic N) is 1. The van der Waals surface area contributed by atoms with Crippen molar-refractivity contribution < 1.29 is 0 Å². The maximum absolute atomic E-state index is 5.90. The zero-order valence-electron chi connectivity index (χ0n) is 10.3. The van der Waals surface area contributed by atoms with Crippen molar-refractivity contribution in [1.82, 2.24) is 10.2 Å². The van der Waals surface area contributed by atoms with Crippen LogP contribution in [-0.2, 0) is 0 Å². The van der Waals surface area contributed by atoms with Gasteiger partial charge in [0.1, 0.15) is 0 Å². The Bertz CT molecular complexity index is 203. The first-order valence-electron chi connectivity index (χ1n) is 5.90. The van der Waals surface area contributed by atoms with Crippen LogP contribution >= 0.6 is 0 Å². The maximum Gasteiger partial charge on any atom is 0.0447 e. The summed E-state index contributed by atoms with van der Waals surface area (Å²) >= 11 is 0. The summed E-state index contributed by atoms with van der Waals surface area (Å²) in [6, 6.07) is 0.641. The van der Waals surface area contributed by atoms with Crippen molar-refractivity contribution in [3.63, 3.8) is 0 Å². The van der Waals surface area contributed by atoms with Gasteiger partial charge >= 0.3 is 0 Å². The van der Waals surface area contributed by atoms with E-state index in [-0.39, 0.29) is 5.54 Å². The van der Waals surface area contributed by atoms with Crippen molar-refractivity contribution >= 4 is 0 Å². The van der Waals surface area contributed by atoms with Crippen molar-refractivity contribution in [3.05, 3.63) is 12.2 Å². The molecular weight excluding hydrogens is 186 g/mol. The van der Waals surface area contributed by atoms with Crippen LogP contribution in [0.3, 0.4) is 0 Å². The van der Waals surface area contributed by atoms with Gasteiger partial charge in [0.05, 0.1) is 0 Å². The highest BCUT2D eigenvalue weighted by Gasteiger charge is 2.38. The van der Waals surface area contributed by atoms with E-state index < -0.39 is 0 Å². The quantitative estimate of drug-likeness (QED) is 0.526. The largest absolute Gasteiger partial charge is 0.329 e. The molecule has 88 valence electrons. The fourth-order valence-electron chi connectivity index (χ4n) is 2.35. The van der Waals surface area contributed by atoms with E-state index >= 15 is 0 Å². The molecule has 0 aromatic rings. The number of likely N-dealkylation sites (tertiary alicyclic amines) is 1. The molecule has 2 atom stereocenters. The predicted octanol–water partition coefficient (Wildman–Crippen LogP) is 0.964. The number of nitrogens with two attached hydrogens (primary N) is 1. The zero-order valence-corrected chi connectivity index (χ0v) is 10.3. The van der Waals surface area contributed by atoms with Crippen molar-refractivity contribution in [2.45, 2.75) is 38.3 Å². The summed E-state index contributed by atoms with van der Waals surface area (Å²) in [6.07, 6.45) is 6.55. The minimum Gasteiger partial charge on any atom is -0.329 e. The molecule has 0 amide bonds. The average molecular weight is 211 g/mol. The standard InChI is InChI=1S/C12H25N3/c1-4-5-6-7-14-12(9-13)8-11(2)15(3)10-12/h4-5,11,14H,6-10,13H2,1-3H3/b5-4+. The van der Waals surface area contributed by atoms with Gasteiger partial charge in [0.25, 0.3) is 0 Å². The molecule has 3 heteroatoms. The van der Waals surface area contributed by atoms with Gasteiger partial charge in [-0.15, -0.1) is 0 Å². The molecule has 0 aromatic heterocycles. The van der Waals surface area contributed by atoms with Crippen LogP contribution in [0.4, 0.5) is 0 Å². The first-order valence-corrected chi connectivity index (χ1v) is 5.90. The Hall–Kier alpha value is -0.380. The van der Waals surface area contributed by atoms with Crippen LogP contribution in [0.15, 0.2) is 12.2 Å². The minimum atomic E-state index is 0.149. The number of likely N-dealkylation sites (N-methyl/N-ethyl adjacent to an activating group) is 1. The van der Waals surface area contributed by atoms with Gasteiger partial charge in [-0.3, -0.25) is 0 Å². The van der Waals surface area contributed by atoms with Crippen LogP contribution in [0.1, 0.15) is 26.7 Å². The monoisotopic (exact) mass is 211 g/mol. The second kappa shape index (κ2) is 5.64. The summed E-state index contributed by atoms with van der Waals surface area (Å²) in [6.45, 7) is 7.16. The molecular formula is C12H25N3. The first kappa shape index (κ1) is 12.7. The fourth-order valence-corrected chi connectivity index (χ4v) is 2.35. The molecule has 1 aliphatic rings. The van der Waals surface area contributed by atoms with Crippen molar-refractivity contribution in [1.29, 1.82) is 0 Å². The molecule has 0 saturated carbocycles. The Balaban J connectivity index is 2.41. The summed E-state index contributed by atoms with van der Waals surface area (Å²) in [5, 5.41) is 3.62. The topological polar surface area (TPSA) is 41.3 Å². The number of rotatable bonds is 5. The summed E-state index contributed by atoms with van der Waals surface area (Å²) < 4.78 is 0. The lowest BCUT2D eigenvalue weighted by molar-refractivity contribution is 0.301. The van der Waals surface area contributed by atoms with Gasteiger partial charge in [0.15, 0.2) is 0 Å². The lowest BCUT2D eigenvalue weighted by Crippen LogP contribution is -2.53. The van der Waals surface area contributed by atoms with Gasteiger partial charge in [0, 0.05) is 24.7 Å². The van der Waals surface area contributed by atoms with E-state index in [9.17, 15) is 0 Å². The summed E-state index contributed by atoms with van der Waals surface area (Å²) in [5.41, 5.74) is 6.05. The fraction of sp³-hybridized carbons (Fsp3) is 0.833. The van der Waals surface area contributed by atoms with Crippen molar-refractivity contribution in [2.75, 3.05) is 26.7 Å². The second-order valence-electron chi connectivity index (χ2n) is 4.74. The Kier molecular flexibility index (Phi) is 4.77. The summed E-state index contributed by atoms with van der Waals surface area (Å²) in [5.74, 6) is 0. The smallest absolute Gasteiger partial charge is 0.0447 e. The molecule has 0 bridgehead atoms. The lowest BCUT2D eigenvalue weighted by atomic mass is 9.96. The molecule has 1 heterocycles. The van der Waals surface area contributed by atoms with Crippen molar-refractivity contribution in [2.24, 2.45) is 5.73 Å². The molecule has 1 rings (SSSR count). The SMILES string of the molecule is C/C=C/CCNC1(CN)CC(C)N(C)C1. The highest BCUT2D eigenvalue weighted by atomic mass is 15.2. The third-order valence-electron chi connectivity index (χ3n) is 3.43. The number of nitrogens with one attached hydrogen (secondary N) is 1. The van der Waals surface area contributed by atoms with Crippen LogP contribution in [-0.4, -0.2) is 43.2 Å². The van der Waals surface area contributed by atoms with E-state index in [1.54, 1.807) is 0 Å².